The number of hydrogen-bond acceptors (Lipinski definition) is 10. The van der Waals surface area contributed by atoms with Crippen LogP contribution in [-0.4, -0.2) is 66.1 Å². The number of hydrogen-bond donors (Lipinski definition) is 0. The van der Waals surface area contributed by atoms with Crippen molar-refractivity contribution in [3.8, 4) is 0 Å². The fraction of sp³-hybridized carbons (Fsp3) is 1.00. The van der Waals surface area contributed by atoms with E-state index in [0.29, 0.717) is 13.2 Å². The predicted molar refractivity (Wildman–Crippen MR) is 95.3 cm³/mol. The summed E-state index contributed by atoms with van der Waals surface area (Å²) >= 11 is 0. The first-order valence-electron chi connectivity index (χ1n) is 8.68. The molecule has 0 saturated heterocycles. The van der Waals surface area contributed by atoms with Crippen LogP contribution in [0.5, 0.6) is 0 Å². The van der Waals surface area contributed by atoms with Gasteiger partial charge in [-0.25, -0.2) is 9.13 Å². The second-order valence-corrected chi connectivity index (χ2v) is 7.79. The Bertz CT molecular complexity index is 363. The van der Waals surface area contributed by atoms with Gasteiger partial charge in [0.15, 0.2) is 0 Å². The highest BCUT2D eigenvalue weighted by Gasteiger charge is 2.25. The van der Waals surface area contributed by atoms with Crippen molar-refractivity contribution in [1.29, 1.82) is 0 Å². The Labute approximate surface area is 155 Å². The van der Waals surface area contributed by atoms with Gasteiger partial charge in [-0.3, -0.25) is 27.1 Å². The molecule has 0 N–H and O–H groups in total. The summed E-state index contributed by atoms with van der Waals surface area (Å²) in [6.45, 7) is 8.94. The van der Waals surface area contributed by atoms with Gasteiger partial charge in [0.25, 0.3) is 0 Å². The quantitative estimate of drug-likeness (QED) is 0.227. The Balaban J connectivity index is 3.67. The Hall–Kier alpha value is 0.140. The molecule has 12 heteroatoms. The number of phosphoric acid groups is 2. The summed E-state index contributed by atoms with van der Waals surface area (Å²) in [6, 6.07) is 0. The maximum atomic E-state index is 12.0. The van der Waals surface area contributed by atoms with E-state index in [1.165, 1.54) is 0 Å². The first-order valence-corrected chi connectivity index (χ1v) is 11.6. The first kappa shape index (κ1) is 26.1. The molecule has 0 aromatic rings. The number of rotatable bonds is 19. The van der Waals surface area contributed by atoms with E-state index in [1.54, 1.807) is 27.7 Å². The standard InChI is InChI=1S/C14H32O10P2/c1-5-19-25(15,20-6-2)23-13-11-17-9-10-18-12-14-24-26(16,21-7-3)22-8-4/h5-14H2,1-4H3. The summed E-state index contributed by atoms with van der Waals surface area (Å²) < 4.78 is 64.7. The molecule has 0 aliphatic carbocycles. The zero-order valence-corrected chi connectivity index (χ0v) is 17.8. The third-order valence-electron chi connectivity index (χ3n) is 2.48. The Morgan fingerprint density at radius 2 is 0.731 bits per heavy atom. The molecule has 0 amide bonds. The van der Waals surface area contributed by atoms with E-state index in [9.17, 15) is 9.13 Å². The zero-order chi connectivity index (χ0) is 19.7. The summed E-state index contributed by atoms with van der Waals surface area (Å²) in [4.78, 5) is 0. The fourth-order valence-corrected chi connectivity index (χ4v) is 3.90. The van der Waals surface area contributed by atoms with Gasteiger partial charge < -0.3 is 9.47 Å². The molecule has 0 aromatic carbocycles. The molecule has 0 aromatic heterocycles. The molecule has 0 aliphatic heterocycles. The van der Waals surface area contributed by atoms with E-state index >= 15 is 0 Å². The Morgan fingerprint density at radius 1 is 0.462 bits per heavy atom. The Kier molecular flexibility index (Phi) is 16.2. The second-order valence-electron chi connectivity index (χ2n) is 4.46. The van der Waals surface area contributed by atoms with Gasteiger partial charge in [-0.05, 0) is 27.7 Å². The number of ether oxygens (including phenoxy) is 2. The first-order chi connectivity index (χ1) is 12.4. The van der Waals surface area contributed by atoms with Gasteiger partial charge in [0.2, 0.25) is 0 Å². The van der Waals surface area contributed by atoms with Gasteiger partial charge >= 0.3 is 15.6 Å². The minimum absolute atomic E-state index is 0.0757. The average Bonchev–Trinajstić information content (AvgIpc) is 2.57. The topological polar surface area (TPSA) is 108 Å². The lowest BCUT2D eigenvalue weighted by Gasteiger charge is -2.16. The molecule has 0 spiro atoms. The van der Waals surface area contributed by atoms with Crippen molar-refractivity contribution < 1.29 is 45.7 Å². The minimum atomic E-state index is -3.50. The van der Waals surface area contributed by atoms with Crippen LogP contribution in [0.1, 0.15) is 27.7 Å². The van der Waals surface area contributed by atoms with E-state index in [1.807, 2.05) is 0 Å². The van der Waals surface area contributed by atoms with E-state index < -0.39 is 15.6 Å². The van der Waals surface area contributed by atoms with Crippen molar-refractivity contribution in [2.45, 2.75) is 27.7 Å². The smallest absolute Gasteiger partial charge is 0.377 e. The van der Waals surface area contributed by atoms with E-state index in [4.69, 9.17) is 36.6 Å². The van der Waals surface area contributed by atoms with Gasteiger partial charge in [-0.15, -0.1) is 0 Å². The zero-order valence-electron chi connectivity index (χ0n) is 16.0. The lowest BCUT2D eigenvalue weighted by atomic mass is 10.7. The summed E-state index contributed by atoms with van der Waals surface area (Å²) in [7, 11) is -6.99. The van der Waals surface area contributed by atoms with Crippen molar-refractivity contribution >= 4 is 15.6 Å². The molecule has 0 fully saturated rings. The predicted octanol–water partition coefficient (Wildman–Crippen LogP) is 3.42. The molecule has 0 bridgehead atoms. The normalized spacial score (nSPS) is 12.6. The highest BCUT2D eigenvalue weighted by atomic mass is 31.2. The lowest BCUT2D eigenvalue weighted by molar-refractivity contribution is 0.0153. The molecule has 0 aliphatic rings. The molecule has 10 nitrogen and oxygen atoms in total. The highest BCUT2D eigenvalue weighted by molar-refractivity contribution is 7.48. The van der Waals surface area contributed by atoms with Crippen LogP contribution in [0.25, 0.3) is 0 Å². The van der Waals surface area contributed by atoms with Crippen LogP contribution in [0.2, 0.25) is 0 Å². The van der Waals surface area contributed by atoms with Crippen LogP contribution in [0.3, 0.4) is 0 Å². The van der Waals surface area contributed by atoms with E-state index in [0.717, 1.165) is 0 Å². The molecular weight excluding hydrogens is 390 g/mol. The minimum Gasteiger partial charge on any atom is -0.377 e. The molecule has 26 heavy (non-hydrogen) atoms. The van der Waals surface area contributed by atoms with Gasteiger partial charge in [0.05, 0.1) is 66.1 Å². The van der Waals surface area contributed by atoms with Crippen LogP contribution >= 0.6 is 15.6 Å². The number of phosphoric ester groups is 2. The lowest BCUT2D eigenvalue weighted by Crippen LogP contribution is -2.12. The van der Waals surface area contributed by atoms with Gasteiger partial charge in [-0.1, -0.05) is 0 Å². The molecular formula is C14H32O10P2. The maximum Gasteiger partial charge on any atom is 0.474 e. The van der Waals surface area contributed by atoms with Crippen molar-refractivity contribution in [3.05, 3.63) is 0 Å². The van der Waals surface area contributed by atoms with Crippen LogP contribution in [0, 0.1) is 0 Å². The SMILES string of the molecule is CCOP(=O)(OCC)OCCOCCOCCOP(=O)(OCC)OCC. The molecule has 0 radical (unpaired) electrons. The summed E-state index contributed by atoms with van der Waals surface area (Å²) in [5, 5.41) is 0. The van der Waals surface area contributed by atoms with Crippen LogP contribution in [0.4, 0.5) is 0 Å². The van der Waals surface area contributed by atoms with Crippen LogP contribution in [-0.2, 0) is 45.7 Å². The van der Waals surface area contributed by atoms with Crippen LogP contribution < -0.4 is 0 Å². The monoisotopic (exact) mass is 422 g/mol. The van der Waals surface area contributed by atoms with Crippen molar-refractivity contribution in [1.82, 2.24) is 0 Å². The van der Waals surface area contributed by atoms with E-state index in [2.05, 4.69) is 0 Å². The molecule has 0 unspecified atom stereocenters. The summed E-state index contributed by atoms with van der Waals surface area (Å²) in [6.07, 6.45) is 0. The molecule has 158 valence electrons. The molecule has 0 rings (SSSR count). The van der Waals surface area contributed by atoms with E-state index in [-0.39, 0.29) is 52.9 Å². The van der Waals surface area contributed by atoms with Crippen molar-refractivity contribution in [2.24, 2.45) is 0 Å². The van der Waals surface area contributed by atoms with Gasteiger partial charge in [0.1, 0.15) is 0 Å². The maximum absolute atomic E-state index is 12.0. The van der Waals surface area contributed by atoms with Crippen molar-refractivity contribution in [2.75, 3.05) is 66.1 Å². The molecule has 0 saturated carbocycles. The van der Waals surface area contributed by atoms with Crippen molar-refractivity contribution in [3.63, 3.8) is 0 Å². The molecule has 0 atom stereocenters. The third kappa shape index (κ3) is 13.3. The van der Waals surface area contributed by atoms with Gasteiger partial charge in [0, 0.05) is 0 Å². The molecule has 0 heterocycles. The largest absolute Gasteiger partial charge is 0.474 e. The summed E-state index contributed by atoms with van der Waals surface area (Å²) in [5.74, 6) is 0. The Morgan fingerprint density at radius 3 is 1.00 bits per heavy atom. The third-order valence-corrected chi connectivity index (χ3v) is 5.77. The average molecular weight is 422 g/mol. The highest BCUT2D eigenvalue weighted by Crippen LogP contribution is 2.49. The second kappa shape index (κ2) is 16.1. The fourth-order valence-electron chi connectivity index (χ4n) is 1.59. The van der Waals surface area contributed by atoms with Gasteiger partial charge in [-0.2, -0.15) is 0 Å². The van der Waals surface area contributed by atoms with Crippen LogP contribution in [0.15, 0.2) is 0 Å². The summed E-state index contributed by atoms with van der Waals surface area (Å²) in [5.41, 5.74) is 0.